The molecule has 1 unspecified atom stereocenters. The zero-order chi connectivity index (χ0) is 13.8. The van der Waals surface area contributed by atoms with Crippen LogP contribution in [0.4, 0.5) is 8.78 Å². The van der Waals surface area contributed by atoms with Gasteiger partial charge in [-0.15, -0.1) is 0 Å². The molecule has 2 aromatic carbocycles. The minimum Gasteiger partial charge on any atom is -0.313 e. The van der Waals surface area contributed by atoms with Gasteiger partial charge in [0.15, 0.2) is 0 Å². The molecule has 0 aromatic heterocycles. The van der Waals surface area contributed by atoms with Gasteiger partial charge in [0.25, 0.3) is 0 Å². The first-order valence-electron chi connectivity index (χ1n) is 5.97. The lowest BCUT2D eigenvalue weighted by Crippen LogP contribution is -2.19. The van der Waals surface area contributed by atoms with Gasteiger partial charge in [-0.25, -0.2) is 8.78 Å². The average molecular weight is 373 g/mol. The van der Waals surface area contributed by atoms with Gasteiger partial charge in [0.05, 0.1) is 0 Å². The van der Waals surface area contributed by atoms with Gasteiger partial charge >= 0.3 is 0 Å². The number of nitrogens with one attached hydrogen (secondary N) is 1. The molecule has 0 saturated heterocycles. The summed E-state index contributed by atoms with van der Waals surface area (Å²) in [6.45, 7) is 0. The zero-order valence-electron chi connectivity index (χ0n) is 10.5. The highest BCUT2D eigenvalue weighted by atomic mass is 127. The second-order valence-electron chi connectivity index (χ2n) is 4.34. The fourth-order valence-electron chi connectivity index (χ4n) is 2.03. The highest BCUT2D eigenvalue weighted by Gasteiger charge is 2.13. The second kappa shape index (κ2) is 6.43. The molecule has 0 saturated carbocycles. The Morgan fingerprint density at radius 3 is 2.63 bits per heavy atom. The topological polar surface area (TPSA) is 12.0 Å². The van der Waals surface area contributed by atoms with Gasteiger partial charge in [-0.3, -0.25) is 0 Å². The van der Waals surface area contributed by atoms with Gasteiger partial charge in [0.2, 0.25) is 0 Å². The molecule has 0 amide bonds. The Labute approximate surface area is 125 Å². The van der Waals surface area contributed by atoms with Crippen molar-refractivity contribution in [1.29, 1.82) is 0 Å². The first-order chi connectivity index (χ1) is 9.10. The van der Waals surface area contributed by atoms with Crippen LogP contribution in [0.1, 0.15) is 17.2 Å². The summed E-state index contributed by atoms with van der Waals surface area (Å²) in [5.74, 6) is -0.777. The van der Waals surface area contributed by atoms with Gasteiger partial charge in [-0.05, 0) is 77.5 Å². The van der Waals surface area contributed by atoms with E-state index in [0.717, 1.165) is 15.2 Å². The second-order valence-corrected chi connectivity index (χ2v) is 5.58. The van der Waals surface area contributed by atoms with Crippen LogP contribution in [-0.2, 0) is 6.42 Å². The van der Waals surface area contributed by atoms with Crippen LogP contribution in [0.2, 0.25) is 0 Å². The normalized spacial score (nSPS) is 12.4. The minimum atomic E-state index is -0.408. The molecular formula is C15H14F2IN. The van der Waals surface area contributed by atoms with Crippen LogP contribution in [0.5, 0.6) is 0 Å². The van der Waals surface area contributed by atoms with E-state index in [1.165, 1.54) is 12.1 Å². The average Bonchev–Trinajstić information content (AvgIpc) is 2.39. The highest BCUT2D eigenvalue weighted by molar-refractivity contribution is 14.1. The van der Waals surface area contributed by atoms with E-state index < -0.39 is 5.82 Å². The van der Waals surface area contributed by atoms with Crippen LogP contribution in [0, 0.1) is 15.2 Å². The Morgan fingerprint density at radius 2 is 1.95 bits per heavy atom. The van der Waals surface area contributed by atoms with E-state index in [0.29, 0.717) is 12.0 Å². The Kier molecular flexibility index (Phi) is 4.87. The summed E-state index contributed by atoms with van der Waals surface area (Å²) in [5, 5.41) is 3.15. The fourth-order valence-corrected chi connectivity index (χ4v) is 2.60. The number of rotatable bonds is 4. The van der Waals surface area contributed by atoms with E-state index >= 15 is 0 Å². The Bertz CT molecular complexity index is 572. The van der Waals surface area contributed by atoms with Crippen LogP contribution in [0.15, 0.2) is 42.5 Å². The number of hydrogen-bond donors (Lipinski definition) is 1. The SMILES string of the molecule is CNC(Cc1cc(F)ccc1F)c1cccc(I)c1. The maximum absolute atomic E-state index is 13.7. The molecule has 0 radical (unpaired) electrons. The van der Waals surface area contributed by atoms with Crippen molar-refractivity contribution >= 4 is 22.6 Å². The standard InChI is InChI=1S/C15H14F2IN/c1-19-15(10-3-2-4-13(18)8-10)9-11-7-12(16)5-6-14(11)17/h2-8,15,19H,9H2,1H3. The minimum absolute atomic E-state index is 0.0361. The molecular weight excluding hydrogens is 359 g/mol. The fraction of sp³-hybridized carbons (Fsp3) is 0.200. The van der Waals surface area contributed by atoms with Crippen LogP contribution in [0.25, 0.3) is 0 Å². The van der Waals surface area contributed by atoms with Crippen molar-refractivity contribution in [2.24, 2.45) is 0 Å². The van der Waals surface area contributed by atoms with Gasteiger partial charge in [0.1, 0.15) is 11.6 Å². The monoisotopic (exact) mass is 373 g/mol. The molecule has 2 rings (SSSR count). The number of likely N-dealkylation sites (N-methyl/N-ethyl adjacent to an activating group) is 1. The van der Waals surface area contributed by atoms with Crippen LogP contribution < -0.4 is 5.32 Å². The number of halogens is 3. The third-order valence-corrected chi connectivity index (χ3v) is 3.70. The van der Waals surface area contributed by atoms with Gasteiger partial charge < -0.3 is 5.32 Å². The summed E-state index contributed by atoms with van der Waals surface area (Å²) < 4.78 is 28.0. The number of benzene rings is 2. The lowest BCUT2D eigenvalue weighted by molar-refractivity contribution is 0.544. The molecule has 2 aromatic rings. The van der Waals surface area contributed by atoms with Crippen molar-refractivity contribution in [3.8, 4) is 0 Å². The molecule has 1 N–H and O–H groups in total. The van der Waals surface area contributed by atoms with E-state index in [1.807, 2.05) is 31.3 Å². The van der Waals surface area contributed by atoms with Crippen molar-refractivity contribution < 1.29 is 8.78 Å². The van der Waals surface area contributed by atoms with Crippen LogP contribution >= 0.6 is 22.6 Å². The van der Waals surface area contributed by atoms with Crippen LogP contribution in [-0.4, -0.2) is 7.05 Å². The molecule has 0 bridgehead atoms. The van der Waals surface area contributed by atoms with Gasteiger partial charge in [-0.2, -0.15) is 0 Å². The van der Waals surface area contributed by atoms with Crippen LogP contribution in [0.3, 0.4) is 0 Å². The summed E-state index contributed by atoms with van der Waals surface area (Å²) in [4.78, 5) is 0. The molecule has 0 spiro atoms. The molecule has 0 aliphatic heterocycles. The maximum atomic E-state index is 13.7. The summed E-state index contributed by atoms with van der Waals surface area (Å²) in [5.41, 5.74) is 1.45. The molecule has 100 valence electrons. The number of hydrogen-bond acceptors (Lipinski definition) is 1. The third-order valence-electron chi connectivity index (χ3n) is 3.03. The van der Waals surface area contributed by atoms with Crippen molar-refractivity contribution in [2.45, 2.75) is 12.5 Å². The lowest BCUT2D eigenvalue weighted by Gasteiger charge is -2.17. The van der Waals surface area contributed by atoms with Gasteiger partial charge in [0, 0.05) is 9.61 Å². The molecule has 1 nitrogen and oxygen atoms in total. The van der Waals surface area contributed by atoms with Crippen molar-refractivity contribution in [2.75, 3.05) is 7.05 Å². The van der Waals surface area contributed by atoms with E-state index in [1.54, 1.807) is 0 Å². The highest BCUT2D eigenvalue weighted by Crippen LogP contribution is 2.22. The Balaban J connectivity index is 2.26. The van der Waals surface area contributed by atoms with Crippen molar-refractivity contribution in [1.82, 2.24) is 5.32 Å². The smallest absolute Gasteiger partial charge is 0.126 e. The quantitative estimate of drug-likeness (QED) is 0.797. The summed E-state index contributed by atoms with van der Waals surface area (Å²) >= 11 is 2.24. The van der Waals surface area contributed by atoms with E-state index in [4.69, 9.17) is 0 Å². The third kappa shape index (κ3) is 3.73. The molecule has 0 aliphatic carbocycles. The zero-order valence-corrected chi connectivity index (χ0v) is 12.6. The van der Waals surface area contributed by atoms with Gasteiger partial charge in [-0.1, -0.05) is 12.1 Å². The Morgan fingerprint density at radius 1 is 1.16 bits per heavy atom. The predicted octanol–water partition coefficient (Wildman–Crippen LogP) is 4.07. The predicted molar refractivity (Wildman–Crippen MR) is 81.0 cm³/mol. The molecule has 19 heavy (non-hydrogen) atoms. The lowest BCUT2D eigenvalue weighted by atomic mass is 9.98. The molecule has 0 aliphatic rings. The van der Waals surface area contributed by atoms with E-state index in [9.17, 15) is 8.78 Å². The molecule has 0 heterocycles. The molecule has 0 fully saturated rings. The first-order valence-corrected chi connectivity index (χ1v) is 7.04. The Hall–Kier alpha value is -1.01. The molecule has 1 atom stereocenters. The summed E-state index contributed by atoms with van der Waals surface area (Å²) in [6.07, 6.45) is 0.417. The van der Waals surface area contributed by atoms with E-state index in [2.05, 4.69) is 27.9 Å². The van der Waals surface area contributed by atoms with Crippen molar-refractivity contribution in [3.05, 3.63) is 68.8 Å². The molecule has 4 heteroatoms. The summed E-state index contributed by atoms with van der Waals surface area (Å²) in [6, 6.07) is 11.5. The first kappa shape index (κ1) is 14.4. The summed E-state index contributed by atoms with van der Waals surface area (Å²) in [7, 11) is 1.82. The van der Waals surface area contributed by atoms with E-state index in [-0.39, 0.29) is 11.9 Å². The maximum Gasteiger partial charge on any atom is 0.126 e. The largest absolute Gasteiger partial charge is 0.313 e. The van der Waals surface area contributed by atoms with Crippen molar-refractivity contribution in [3.63, 3.8) is 0 Å².